The van der Waals surface area contributed by atoms with Gasteiger partial charge in [-0.2, -0.15) is 0 Å². The number of hydrogen-bond donors (Lipinski definition) is 1. The van der Waals surface area contributed by atoms with Crippen LogP contribution < -0.4 is 5.32 Å². The second-order valence-corrected chi connectivity index (χ2v) is 6.04. The van der Waals surface area contributed by atoms with Crippen LogP contribution in [-0.2, 0) is 16.0 Å². The van der Waals surface area contributed by atoms with Crippen LogP contribution in [0.1, 0.15) is 30.1 Å². The fourth-order valence-corrected chi connectivity index (χ4v) is 2.93. The molecule has 2 aliphatic rings. The molecule has 0 aromatic carbocycles. The number of ether oxygens (including phenoxy) is 2. The van der Waals surface area contributed by atoms with Crippen molar-refractivity contribution in [2.45, 2.75) is 38.8 Å². The molecule has 2 fully saturated rings. The number of rotatable bonds is 2. The van der Waals surface area contributed by atoms with Crippen LogP contribution in [0.15, 0.2) is 6.07 Å². The minimum atomic E-state index is -0.616. The number of hydrogen-bond acceptors (Lipinski definition) is 6. The van der Waals surface area contributed by atoms with Gasteiger partial charge >= 0.3 is 12.2 Å². The third-order valence-electron chi connectivity index (χ3n) is 4.14. The molecule has 0 saturated carbocycles. The Bertz CT molecular complexity index is 606. The van der Waals surface area contributed by atoms with E-state index < -0.39 is 11.8 Å². The van der Waals surface area contributed by atoms with Crippen LogP contribution in [0.2, 0.25) is 0 Å². The monoisotopic (exact) mass is 320 g/mol. The standard InChI is InChI=1S/C15H20N4O4/c1-10-7-11(2)18-12(17-10)8-16-13(20)19-5-3-15(4-6-19)9-22-14(21)23-15/h7H,3-6,8-9H2,1-2H3,(H,16,20). The third-order valence-corrected chi connectivity index (χ3v) is 4.14. The van der Waals surface area contributed by atoms with Gasteiger partial charge in [-0.15, -0.1) is 0 Å². The Hall–Kier alpha value is -2.38. The third kappa shape index (κ3) is 3.52. The minimum absolute atomic E-state index is 0.159. The first kappa shape index (κ1) is 15.5. The zero-order chi connectivity index (χ0) is 16.4. The van der Waals surface area contributed by atoms with E-state index in [4.69, 9.17) is 9.47 Å². The predicted octanol–water partition coefficient (Wildman–Crippen LogP) is 1.30. The van der Waals surface area contributed by atoms with Crippen LogP contribution in [0, 0.1) is 13.8 Å². The summed E-state index contributed by atoms with van der Waals surface area (Å²) in [6, 6.07) is 1.73. The normalized spacial score (nSPS) is 19.4. The molecule has 1 aromatic rings. The van der Waals surface area contributed by atoms with Crippen LogP contribution in [0.25, 0.3) is 0 Å². The number of aryl methyl sites for hydroxylation is 2. The summed E-state index contributed by atoms with van der Waals surface area (Å²) in [5, 5.41) is 2.83. The van der Waals surface area contributed by atoms with Crippen molar-refractivity contribution < 1.29 is 19.1 Å². The van der Waals surface area contributed by atoms with Crippen LogP contribution in [0.5, 0.6) is 0 Å². The lowest BCUT2D eigenvalue weighted by Crippen LogP contribution is -2.50. The largest absolute Gasteiger partial charge is 0.509 e. The molecule has 8 heteroatoms. The Balaban J connectivity index is 1.51. The van der Waals surface area contributed by atoms with Crippen molar-refractivity contribution >= 4 is 12.2 Å². The van der Waals surface area contributed by atoms with E-state index in [1.54, 1.807) is 4.90 Å². The van der Waals surface area contributed by atoms with E-state index in [0.717, 1.165) is 11.4 Å². The number of cyclic esters (lactones) is 1. The van der Waals surface area contributed by atoms with Gasteiger partial charge < -0.3 is 19.7 Å². The van der Waals surface area contributed by atoms with Gasteiger partial charge in [-0.3, -0.25) is 0 Å². The van der Waals surface area contributed by atoms with Gasteiger partial charge in [0.25, 0.3) is 0 Å². The number of carbonyl (C=O) groups is 2. The second kappa shape index (κ2) is 6.02. The van der Waals surface area contributed by atoms with Gasteiger partial charge in [0.15, 0.2) is 5.60 Å². The summed E-state index contributed by atoms with van der Waals surface area (Å²) in [5.74, 6) is 0.599. The van der Waals surface area contributed by atoms with Gasteiger partial charge in [0, 0.05) is 37.3 Å². The Kier molecular flexibility index (Phi) is 4.06. The molecule has 124 valence electrons. The number of likely N-dealkylation sites (tertiary alicyclic amines) is 1. The van der Waals surface area contributed by atoms with Crippen LogP contribution in [0.4, 0.5) is 9.59 Å². The zero-order valence-electron chi connectivity index (χ0n) is 13.3. The fourth-order valence-electron chi connectivity index (χ4n) is 2.93. The average Bonchev–Trinajstić information content (AvgIpc) is 2.85. The highest BCUT2D eigenvalue weighted by Gasteiger charge is 2.45. The van der Waals surface area contributed by atoms with Crippen molar-refractivity contribution in [3.8, 4) is 0 Å². The van der Waals surface area contributed by atoms with Gasteiger partial charge in [0.1, 0.15) is 12.4 Å². The molecule has 8 nitrogen and oxygen atoms in total. The molecule has 23 heavy (non-hydrogen) atoms. The van der Waals surface area contributed by atoms with Crippen molar-refractivity contribution in [1.82, 2.24) is 20.2 Å². The number of nitrogens with one attached hydrogen (secondary N) is 1. The Morgan fingerprint density at radius 3 is 2.52 bits per heavy atom. The lowest BCUT2D eigenvalue weighted by Gasteiger charge is -2.36. The van der Waals surface area contributed by atoms with E-state index in [1.807, 2.05) is 19.9 Å². The molecule has 3 heterocycles. The number of urea groups is 1. The second-order valence-electron chi connectivity index (χ2n) is 6.04. The molecule has 0 aliphatic carbocycles. The van der Waals surface area contributed by atoms with E-state index in [1.165, 1.54) is 0 Å². The molecule has 0 unspecified atom stereocenters. The summed E-state index contributed by atoms with van der Waals surface area (Å²) in [5.41, 5.74) is 1.21. The zero-order valence-corrected chi connectivity index (χ0v) is 13.3. The number of aromatic nitrogens is 2. The van der Waals surface area contributed by atoms with Crippen LogP contribution in [0.3, 0.4) is 0 Å². The fraction of sp³-hybridized carbons (Fsp3) is 0.600. The first-order chi connectivity index (χ1) is 11.0. The van der Waals surface area contributed by atoms with Crippen molar-refractivity contribution in [2.24, 2.45) is 0 Å². The smallest absolute Gasteiger partial charge is 0.430 e. The van der Waals surface area contributed by atoms with E-state index in [9.17, 15) is 9.59 Å². The van der Waals surface area contributed by atoms with E-state index in [0.29, 0.717) is 38.3 Å². The molecule has 2 saturated heterocycles. The van der Waals surface area contributed by atoms with E-state index >= 15 is 0 Å². The van der Waals surface area contributed by atoms with Gasteiger partial charge in [-0.05, 0) is 19.9 Å². The van der Waals surface area contributed by atoms with Crippen molar-refractivity contribution in [2.75, 3.05) is 19.7 Å². The molecular weight excluding hydrogens is 300 g/mol. The highest BCUT2D eigenvalue weighted by molar-refractivity contribution is 5.74. The van der Waals surface area contributed by atoms with Crippen LogP contribution in [-0.4, -0.2) is 52.4 Å². The molecule has 2 aliphatic heterocycles. The molecule has 1 N–H and O–H groups in total. The molecule has 0 radical (unpaired) electrons. The summed E-state index contributed by atoms with van der Waals surface area (Å²) in [7, 11) is 0. The minimum Gasteiger partial charge on any atom is -0.430 e. The molecule has 2 amide bonds. The summed E-state index contributed by atoms with van der Waals surface area (Å²) < 4.78 is 10.1. The van der Waals surface area contributed by atoms with Crippen molar-refractivity contribution in [3.63, 3.8) is 0 Å². The summed E-state index contributed by atoms with van der Waals surface area (Å²) in [6.45, 7) is 5.41. The quantitative estimate of drug-likeness (QED) is 0.826. The number of nitrogens with zero attached hydrogens (tertiary/aromatic N) is 3. The maximum absolute atomic E-state index is 12.2. The summed E-state index contributed by atoms with van der Waals surface area (Å²) >= 11 is 0. The molecule has 0 bridgehead atoms. The average molecular weight is 320 g/mol. The van der Waals surface area contributed by atoms with E-state index in [2.05, 4.69) is 15.3 Å². The van der Waals surface area contributed by atoms with Crippen molar-refractivity contribution in [1.29, 1.82) is 0 Å². The first-order valence-electron chi connectivity index (χ1n) is 7.65. The Morgan fingerprint density at radius 1 is 1.30 bits per heavy atom. The van der Waals surface area contributed by atoms with Crippen LogP contribution >= 0.6 is 0 Å². The highest BCUT2D eigenvalue weighted by atomic mass is 16.8. The molecule has 0 atom stereocenters. The number of piperidine rings is 1. The number of carbonyl (C=O) groups excluding carboxylic acids is 2. The van der Waals surface area contributed by atoms with Gasteiger partial charge in [-0.1, -0.05) is 0 Å². The predicted molar refractivity (Wildman–Crippen MR) is 79.7 cm³/mol. The van der Waals surface area contributed by atoms with Gasteiger partial charge in [-0.25, -0.2) is 19.6 Å². The molecule has 3 rings (SSSR count). The van der Waals surface area contributed by atoms with Gasteiger partial charge in [0.2, 0.25) is 0 Å². The maximum atomic E-state index is 12.2. The SMILES string of the molecule is Cc1cc(C)nc(CNC(=O)N2CCC3(CC2)COC(=O)O3)n1. The number of amides is 2. The summed E-state index contributed by atoms with van der Waals surface area (Å²) in [6.07, 6.45) is 0.563. The molecule has 1 spiro atoms. The molecular formula is C15H20N4O4. The lowest BCUT2D eigenvalue weighted by molar-refractivity contribution is 0.00932. The highest BCUT2D eigenvalue weighted by Crippen LogP contribution is 2.31. The summed E-state index contributed by atoms with van der Waals surface area (Å²) in [4.78, 5) is 33.6. The Morgan fingerprint density at radius 2 is 1.96 bits per heavy atom. The first-order valence-corrected chi connectivity index (χ1v) is 7.65. The topological polar surface area (TPSA) is 93.7 Å². The lowest BCUT2D eigenvalue weighted by atomic mass is 9.92. The molecule has 1 aromatic heterocycles. The maximum Gasteiger partial charge on any atom is 0.509 e. The van der Waals surface area contributed by atoms with E-state index in [-0.39, 0.29) is 12.6 Å². The van der Waals surface area contributed by atoms with Gasteiger partial charge in [0.05, 0.1) is 6.54 Å². The van der Waals surface area contributed by atoms with Crippen molar-refractivity contribution in [3.05, 3.63) is 23.3 Å². The Labute approximate surface area is 134 Å².